The smallest absolute Gasteiger partial charge is 0.242 e. The normalized spacial score (nSPS) is 11.9. The molecule has 1 N–H and O–H groups in total. The summed E-state index contributed by atoms with van der Waals surface area (Å²) in [6.07, 6.45) is 1.34. The summed E-state index contributed by atoms with van der Waals surface area (Å²) in [6, 6.07) is 18.0. The summed E-state index contributed by atoms with van der Waals surface area (Å²) in [5.74, 6) is 1.11. The molecule has 0 bridgehead atoms. The zero-order valence-electron chi connectivity index (χ0n) is 18.6. The van der Waals surface area contributed by atoms with Gasteiger partial charge in [-0.3, -0.25) is 9.59 Å². The average Bonchev–Trinajstić information content (AvgIpc) is 2.72. The second kappa shape index (κ2) is 12.4. The van der Waals surface area contributed by atoms with E-state index in [-0.39, 0.29) is 17.9 Å². The van der Waals surface area contributed by atoms with Gasteiger partial charge >= 0.3 is 0 Å². The summed E-state index contributed by atoms with van der Waals surface area (Å²) in [5.41, 5.74) is 3.65. The molecule has 162 valence electrons. The molecule has 0 radical (unpaired) electrons. The zero-order chi connectivity index (χ0) is 21.9. The number of amides is 2. The minimum Gasteiger partial charge on any atom is -0.352 e. The molecular formula is C25H34N2O2S. The second-order valence-electron chi connectivity index (χ2n) is 7.83. The first-order valence-corrected chi connectivity index (χ1v) is 11.8. The van der Waals surface area contributed by atoms with Gasteiger partial charge in [-0.05, 0) is 50.3 Å². The maximum absolute atomic E-state index is 13.2. The number of nitrogens with one attached hydrogen (secondary N) is 1. The molecule has 0 fully saturated rings. The van der Waals surface area contributed by atoms with E-state index >= 15 is 0 Å². The number of aryl methyl sites for hydroxylation is 1. The number of hydrogen-bond acceptors (Lipinski definition) is 3. The largest absolute Gasteiger partial charge is 0.352 e. The fraction of sp³-hybridized carbons (Fsp3) is 0.440. The molecule has 0 saturated heterocycles. The molecule has 30 heavy (non-hydrogen) atoms. The first-order chi connectivity index (χ1) is 14.4. The summed E-state index contributed by atoms with van der Waals surface area (Å²) < 4.78 is 0. The topological polar surface area (TPSA) is 49.4 Å². The van der Waals surface area contributed by atoms with Crippen LogP contribution in [0.4, 0.5) is 0 Å². The Kier molecular flexibility index (Phi) is 9.95. The molecule has 0 aliphatic carbocycles. The van der Waals surface area contributed by atoms with Crippen LogP contribution in [0.3, 0.4) is 0 Å². The van der Waals surface area contributed by atoms with E-state index in [1.54, 1.807) is 16.7 Å². The third kappa shape index (κ3) is 7.52. The lowest BCUT2D eigenvalue weighted by atomic mass is 10.1. The third-order valence-electron chi connectivity index (χ3n) is 5.05. The Balaban J connectivity index is 2.06. The number of thioether (sulfide) groups is 1. The van der Waals surface area contributed by atoms with Crippen LogP contribution < -0.4 is 5.32 Å². The van der Waals surface area contributed by atoms with Crippen molar-refractivity contribution in [1.29, 1.82) is 0 Å². The van der Waals surface area contributed by atoms with Gasteiger partial charge in [0.2, 0.25) is 11.8 Å². The van der Waals surface area contributed by atoms with E-state index in [9.17, 15) is 9.59 Å². The molecule has 1 atom stereocenters. The minimum atomic E-state index is -0.442. The third-order valence-corrected chi connectivity index (χ3v) is 6.01. The predicted molar refractivity (Wildman–Crippen MR) is 127 cm³/mol. The van der Waals surface area contributed by atoms with Crippen molar-refractivity contribution < 1.29 is 9.59 Å². The van der Waals surface area contributed by atoms with E-state index in [0.29, 0.717) is 18.7 Å². The molecule has 0 heterocycles. The number of hydrogen-bond donors (Lipinski definition) is 1. The van der Waals surface area contributed by atoms with Crippen LogP contribution in [-0.2, 0) is 21.8 Å². The average molecular weight is 427 g/mol. The Labute approximate surface area is 185 Å². The van der Waals surface area contributed by atoms with Gasteiger partial charge in [0.05, 0.1) is 5.75 Å². The maximum atomic E-state index is 13.2. The lowest BCUT2D eigenvalue weighted by Gasteiger charge is -2.31. The second-order valence-corrected chi connectivity index (χ2v) is 8.81. The van der Waals surface area contributed by atoms with Crippen molar-refractivity contribution in [2.45, 2.75) is 58.4 Å². The first-order valence-electron chi connectivity index (χ1n) is 10.7. The summed E-state index contributed by atoms with van der Waals surface area (Å²) in [4.78, 5) is 27.7. The Morgan fingerprint density at radius 3 is 2.33 bits per heavy atom. The standard InChI is InChI=1S/C25H34N2O2S/c1-5-23(25(29)26-19(2)3)27(16-15-21-12-7-6-8-13-21)24(28)18-30-17-22-14-10-9-11-20(22)4/h6-14,19,23H,5,15-18H2,1-4H3,(H,26,29)/t23-/m0/s1. The van der Waals surface area contributed by atoms with Gasteiger partial charge in [0, 0.05) is 18.3 Å². The van der Waals surface area contributed by atoms with Gasteiger partial charge in [-0.1, -0.05) is 61.5 Å². The van der Waals surface area contributed by atoms with Crippen molar-refractivity contribution in [1.82, 2.24) is 10.2 Å². The van der Waals surface area contributed by atoms with E-state index < -0.39 is 6.04 Å². The Hall–Kier alpha value is -2.27. The van der Waals surface area contributed by atoms with Crippen LogP contribution in [-0.4, -0.2) is 41.1 Å². The van der Waals surface area contributed by atoms with Crippen LogP contribution in [0.2, 0.25) is 0 Å². The van der Waals surface area contributed by atoms with E-state index in [2.05, 4.69) is 36.5 Å². The van der Waals surface area contributed by atoms with Gasteiger partial charge in [-0.15, -0.1) is 11.8 Å². The molecule has 0 unspecified atom stereocenters. The Bertz CT molecular complexity index is 808. The number of rotatable bonds is 11. The molecule has 0 saturated carbocycles. The first kappa shape index (κ1) is 24.0. The molecule has 2 aromatic rings. The lowest BCUT2D eigenvalue weighted by molar-refractivity contribution is -0.139. The van der Waals surface area contributed by atoms with Gasteiger partial charge in [-0.25, -0.2) is 0 Å². The lowest BCUT2D eigenvalue weighted by Crippen LogP contribution is -2.52. The van der Waals surface area contributed by atoms with Crippen molar-refractivity contribution in [2.75, 3.05) is 12.3 Å². The number of benzene rings is 2. The minimum absolute atomic E-state index is 0.0234. The molecular weight excluding hydrogens is 392 g/mol. The number of nitrogens with zero attached hydrogens (tertiary/aromatic N) is 1. The van der Waals surface area contributed by atoms with Crippen LogP contribution in [0.25, 0.3) is 0 Å². The summed E-state index contributed by atoms with van der Waals surface area (Å²) in [7, 11) is 0. The Morgan fingerprint density at radius 1 is 1.03 bits per heavy atom. The predicted octanol–water partition coefficient (Wildman–Crippen LogP) is 4.60. The molecule has 0 aromatic heterocycles. The van der Waals surface area contributed by atoms with Crippen LogP contribution in [0.1, 0.15) is 43.9 Å². The van der Waals surface area contributed by atoms with Crippen LogP contribution in [0.15, 0.2) is 54.6 Å². The van der Waals surface area contributed by atoms with Crippen molar-refractivity contribution >= 4 is 23.6 Å². The van der Waals surface area contributed by atoms with Gasteiger partial charge in [0.1, 0.15) is 6.04 Å². The van der Waals surface area contributed by atoms with E-state index in [0.717, 1.165) is 12.2 Å². The molecule has 5 heteroatoms. The van der Waals surface area contributed by atoms with Gasteiger partial charge < -0.3 is 10.2 Å². The van der Waals surface area contributed by atoms with Gasteiger partial charge in [-0.2, -0.15) is 0 Å². The molecule has 4 nitrogen and oxygen atoms in total. The SMILES string of the molecule is CC[C@@H](C(=O)NC(C)C)N(CCc1ccccc1)C(=O)CSCc1ccccc1C. The highest BCUT2D eigenvalue weighted by Gasteiger charge is 2.28. The van der Waals surface area contributed by atoms with Crippen molar-refractivity contribution in [3.05, 3.63) is 71.3 Å². The van der Waals surface area contributed by atoms with Gasteiger partial charge in [0.15, 0.2) is 0 Å². The maximum Gasteiger partial charge on any atom is 0.242 e. The van der Waals surface area contributed by atoms with Crippen LogP contribution >= 0.6 is 11.8 Å². The van der Waals surface area contributed by atoms with E-state index in [1.165, 1.54) is 16.7 Å². The summed E-state index contributed by atoms with van der Waals surface area (Å²) >= 11 is 1.61. The quantitative estimate of drug-likeness (QED) is 0.571. The Morgan fingerprint density at radius 2 is 1.70 bits per heavy atom. The molecule has 2 aromatic carbocycles. The monoisotopic (exact) mass is 426 g/mol. The van der Waals surface area contributed by atoms with E-state index in [4.69, 9.17) is 0 Å². The summed E-state index contributed by atoms with van der Waals surface area (Å²) in [5, 5.41) is 2.98. The van der Waals surface area contributed by atoms with Crippen LogP contribution in [0, 0.1) is 6.92 Å². The van der Waals surface area contributed by atoms with E-state index in [1.807, 2.05) is 51.1 Å². The van der Waals surface area contributed by atoms with Crippen molar-refractivity contribution in [3.63, 3.8) is 0 Å². The van der Waals surface area contributed by atoms with Crippen LogP contribution in [0.5, 0.6) is 0 Å². The fourth-order valence-corrected chi connectivity index (χ4v) is 4.37. The molecule has 2 rings (SSSR count). The fourth-order valence-electron chi connectivity index (χ4n) is 3.38. The van der Waals surface area contributed by atoms with Crippen molar-refractivity contribution in [3.8, 4) is 0 Å². The highest BCUT2D eigenvalue weighted by Crippen LogP contribution is 2.18. The highest BCUT2D eigenvalue weighted by atomic mass is 32.2. The number of carbonyl (C=O) groups is 2. The molecule has 0 spiro atoms. The summed E-state index contributed by atoms with van der Waals surface area (Å²) in [6.45, 7) is 8.48. The number of carbonyl (C=O) groups excluding carboxylic acids is 2. The molecule has 2 amide bonds. The zero-order valence-corrected chi connectivity index (χ0v) is 19.4. The van der Waals surface area contributed by atoms with Crippen molar-refractivity contribution in [2.24, 2.45) is 0 Å². The highest BCUT2D eigenvalue weighted by molar-refractivity contribution is 7.99. The molecule has 0 aliphatic heterocycles. The van der Waals surface area contributed by atoms with Gasteiger partial charge in [0.25, 0.3) is 0 Å². The molecule has 0 aliphatic rings.